The van der Waals surface area contributed by atoms with E-state index in [1.807, 2.05) is 20.8 Å². The zero-order valence-electron chi connectivity index (χ0n) is 14.7. The van der Waals surface area contributed by atoms with Gasteiger partial charge < -0.3 is 9.47 Å². The highest BCUT2D eigenvalue weighted by Gasteiger charge is 2.30. The summed E-state index contributed by atoms with van der Waals surface area (Å²) >= 11 is 0. The molecule has 0 atom stereocenters. The molecular formula is C19H28O4. The molecule has 0 spiro atoms. The molecule has 0 bridgehead atoms. The maximum atomic E-state index is 12.4. The SMILES string of the molecule is CCCCOC(=O)c1ccccc1OC(=O)C(C)(C)CCCC. The Morgan fingerprint density at radius 1 is 1.04 bits per heavy atom. The third-order valence-corrected chi connectivity index (χ3v) is 3.75. The normalized spacial score (nSPS) is 11.1. The Morgan fingerprint density at radius 2 is 1.70 bits per heavy atom. The van der Waals surface area contributed by atoms with Crippen LogP contribution in [0.2, 0.25) is 0 Å². The molecule has 0 saturated heterocycles. The summed E-state index contributed by atoms with van der Waals surface area (Å²) in [4.78, 5) is 24.5. The van der Waals surface area contributed by atoms with Crippen LogP contribution in [0.1, 0.15) is 70.2 Å². The highest BCUT2D eigenvalue weighted by Crippen LogP contribution is 2.28. The van der Waals surface area contributed by atoms with Gasteiger partial charge >= 0.3 is 11.9 Å². The number of rotatable bonds is 9. The molecule has 23 heavy (non-hydrogen) atoms. The lowest BCUT2D eigenvalue weighted by atomic mass is 9.87. The zero-order valence-corrected chi connectivity index (χ0v) is 14.7. The van der Waals surface area contributed by atoms with Crippen molar-refractivity contribution in [1.29, 1.82) is 0 Å². The van der Waals surface area contributed by atoms with E-state index < -0.39 is 11.4 Å². The summed E-state index contributed by atoms with van der Waals surface area (Å²) in [6, 6.07) is 6.72. The maximum Gasteiger partial charge on any atom is 0.341 e. The second kappa shape index (κ2) is 9.33. The van der Waals surface area contributed by atoms with Gasteiger partial charge in [-0.05, 0) is 38.8 Å². The van der Waals surface area contributed by atoms with Crippen LogP contribution in [0.3, 0.4) is 0 Å². The van der Waals surface area contributed by atoms with Crippen LogP contribution in [0.4, 0.5) is 0 Å². The topological polar surface area (TPSA) is 52.6 Å². The minimum Gasteiger partial charge on any atom is -0.462 e. The number of ether oxygens (including phenoxy) is 2. The van der Waals surface area contributed by atoms with Crippen molar-refractivity contribution in [2.24, 2.45) is 5.41 Å². The quantitative estimate of drug-likeness (QED) is 0.374. The molecule has 1 aromatic rings. The zero-order chi connectivity index (χ0) is 17.3. The molecule has 1 rings (SSSR count). The highest BCUT2D eigenvalue weighted by molar-refractivity contribution is 5.93. The lowest BCUT2D eigenvalue weighted by Gasteiger charge is -2.22. The number of carbonyl (C=O) groups excluding carboxylic acids is 2. The largest absolute Gasteiger partial charge is 0.462 e. The number of carbonyl (C=O) groups is 2. The average Bonchev–Trinajstić information content (AvgIpc) is 2.53. The molecule has 128 valence electrons. The summed E-state index contributed by atoms with van der Waals surface area (Å²) in [5.74, 6) is -0.503. The van der Waals surface area contributed by atoms with Crippen molar-refractivity contribution < 1.29 is 19.1 Å². The molecule has 0 amide bonds. The Bertz CT molecular complexity index is 520. The maximum absolute atomic E-state index is 12.4. The third-order valence-electron chi connectivity index (χ3n) is 3.75. The van der Waals surface area contributed by atoms with E-state index in [2.05, 4.69) is 6.92 Å². The van der Waals surface area contributed by atoms with Crippen molar-refractivity contribution in [3.63, 3.8) is 0 Å². The minimum absolute atomic E-state index is 0.267. The van der Waals surface area contributed by atoms with Crippen LogP contribution in [-0.2, 0) is 9.53 Å². The summed E-state index contributed by atoms with van der Waals surface area (Å²) in [5, 5.41) is 0. The van der Waals surface area contributed by atoms with Crippen molar-refractivity contribution in [3.05, 3.63) is 29.8 Å². The first-order valence-electron chi connectivity index (χ1n) is 8.40. The molecule has 0 aromatic heterocycles. The molecule has 0 heterocycles. The Morgan fingerprint density at radius 3 is 2.35 bits per heavy atom. The van der Waals surface area contributed by atoms with Gasteiger partial charge in [0.15, 0.2) is 0 Å². The molecule has 0 N–H and O–H groups in total. The molecule has 1 aromatic carbocycles. The van der Waals surface area contributed by atoms with Gasteiger partial charge in [0, 0.05) is 0 Å². The molecule has 0 saturated carbocycles. The van der Waals surface area contributed by atoms with Crippen LogP contribution in [0, 0.1) is 5.41 Å². The van der Waals surface area contributed by atoms with E-state index >= 15 is 0 Å². The van der Waals surface area contributed by atoms with Crippen LogP contribution in [0.15, 0.2) is 24.3 Å². The van der Waals surface area contributed by atoms with Gasteiger partial charge in [-0.25, -0.2) is 4.79 Å². The van der Waals surface area contributed by atoms with Crippen molar-refractivity contribution in [1.82, 2.24) is 0 Å². The van der Waals surface area contributed by atoms with Gasteiger partial charge in [0.1, 0.15) is 11.3 Å². The van der Waals surface area contributed by atoms with E-state index in [1.54, 1.807) is 24.3 Å². The van der Waals surface area contributed by atoms with Crippen LogP contribution < -0.4 is 4.74 Å². The number of para-hydroxylation sites is 1. The summed E-state index contributed by atoms with van der Waals surface area (Å²) in [6.07, 6.45) is 4.51. The smallest absolute Gasteiger partial charge is 0.341 e. The standard InChI is InChI=1S/C19H28O4/c1-5-7-13-19(3,4)18(21)23-16-12-10-9-11-15(16)17(20)22-14-8-6-2/h9-12H,5-8,13-14H2,1-4H3. The summed E-state index contributed by atoms with van der Waals surface area (Å²) in [7, 11) is 0. The van der Waals surface area contributed by atoms with Gasteiger partial charge in [0.05, 0.1) is 12.0 Å². The summed E-state index contributed by atoms with van der Waals surface area (Å²) < 4.78 is 10.7. The second-order valence-electron chi connectivity index (χ2n) is 6.36. The second-order valence-corrected chi connectivity index (χ2v) is 6.36. The molecule has 0 radical (unpaired) electrons. The first-order valence-corrected chi connectivity index (χ1v) is 8.40. The van der Waals surface area contributed by atoms with Gasteiger partial charge in [-0.3, -0.25) is 4.79 Å². The van der Waals surface area contributed by atoms with Gasteiger partial charge in [-0.15, -0.1) is 0 Å². The minimum atomic E-state index is -0.574. The predicted molar refractivity (Wildman–Crippen MR) is 90.6 cm³/mol. The fourth-order valence-electron chi connectivity index (χ4n) is 2.07. The third kappa shape index (κ3) is 6.05. The van der Waals surface area contributed by atoms with Crippen molar-refractivity contribution in [2.45, 2.75) is 59.8 Å². The molecule has 4 nitrogen and oxygen atoms in total. The van der Waals surface area contributed by atoms with E-state index in [4.69, 9.17) is 9.47 Å². The number of hydrogen-bond acceptors (Lipinski definition) is 4. The first kappa shape index (κ1) is 19.2. The van der Waals surface area contributed by atoms with Crippen molar-refractivity contribution >= 4 is 11.9 Å². The van der Waals surface area contributed by atoms with Crippen LogP contribution in [0.5, 0.6) is 5.75 Å². The molecule has 0 aliphatic heterocycles. The van der Waals surface area contributed by atoms with Crippen LogP contribution in [0.25, 0.3) is 0 Å². The summed E-state index contributed by atoms with van der Waals surface area (Å²) in [5.41, 5.74) is -0.279. The van der Waals surface area contributed by atoms with Crippen LogP contribution in [-0.4, -0.2) is 18.5 Å². The Hall–Kier alpha value is -1.84. The fourth-order valence-corrected chi connectivity index (χ4v) is 2.07. The fraction of sp³-hybridized carbons (Fsp3) is 0.579. The number of benzene rings is 1. The van der Waals surface area contributed by atoms with Gasteiger partial charge in [-0.2, -0.15) is 0 Å². The molecule has 0 unspecified atom stereocenters. The monoisotopic (exact) mass is 320 g/mol. The predicted octanol–water partition coefficient (Wildman–Crippen LogP) is 4.77. The molecule has 0 aliphatic rings. The lowest BCUT2D eigenvalue weighted by Crippen LogP contribution is -2.29. The molecular weight excluding hydrogens is 292 g/mol. The lowest BCUT2D eigenvalue weighted by molar-refractivity contribution is -0.144. The van der Waals surface area contributed by atoms with E-state index in [0.717, 1.165) is 32.1 Å². The Kier molecular flexibility index (Phi) is 7.79. The van der Waals surface area contributed by atoms with Gasteiger partial charge in [0.25, 0.3) is 0 Å². The van der Waals surface area contributed by atoms with Crippen LogP contribution >= 0.6 is 0 Å². The Labute approximate surface area is 139 Å². The van der Waals surface area contributed by atoms with E-state index in [-0.39, 0.29) is 11.7 Å². The van der Waals surface area contributed by atoms with Gasteiger partial charge in [-0.1, -0.05) is 45.2 Å². The molecule has 0 fully saturated rings. The Balaban J connectivity index is 2.80. The molecule has 0 aliphatic carbocycles. The number of hydrogen-bond donors (Lipinski definition) is 0. The summed E-state index contributed by atoms with van der Waals surface area (Å²) in [6.45, 7) is 8.23. The van der Waals surface area contributed by atoms with E-state index in [9.17, 15) is 9.59 Å². The van der Waals surface area contributed by atoms with E-state index in [1.165, 1.54) is 0 Å². The first-order chi connectivity index (χ1) is 10.9. The number of unbranched alkanes of at least 4 members (excludes halogenated alkanes) is 2. The highest BCUT2D eigenvalue weighted by atomic mass is 16.5. The van der Waals surface area contributed by atoms with Crippen molar-refractivity contribution in [2.75, 3.05) is 6.61 Å². The van der Waals surface area contributed by atoms with E-state index in [0.29, 0.717) is 12.2 Å². The van der Waals surface area contributed by atoms with Crippen molar-refractivity contribution in [3.8, 4) is 5.75 Å². The average molecular weight is 320 g/mol. The van der Waals surface area contributed by atoms with Gasteiger partial charge in [0.2, 0.25) is 0 Å². The molecule has 4 heteroatoms. The number of esters is 2.